The predicted molar refractivity (Wildman–Crippen MR) is 104 cm³/mol. The zero-order valence-electron chi connectivity index (χ0n) is 15.8. The molecule has 1 aromatic carbocycles. The number of nitrogens with zero attached hydrogens (tertiary/aromatic N) is 2. The van der Waals surface area contributed by atoms with Gasteiger partial charge < -0.3 is 15.0 Å². The van der Waals surface area contributed by atoms with Crippen LogP contribution in [0.25, 0.3) is 0 Å². The predicted octanol–water partition coefficient (Wildman–Crippen LogP) is 3.85. The molecule has 4 heteroatoms. The van der Waals surface area contributed by atoms with Gasteiger partial charge in [0.05, 0.1) is 6.10 Å². The van der Waals surface area contributed by atoms with Crippen molar-refractivity contribution in [1.82, 2.24) is 10.2 Å². The zero-order valence-corrected chi connectivity index (χ0v) is 15.8. The first-order chi connectivity index (χ1) is 12.3. The lowest BCUT2D eigenvalue weighted by atomic mass is 9.89. The van der Waals surface area contributed by atoms with Gasteiger partial charge in [0.25, 0.3) is 0 Å². The number of nitrogens with one attached hydrogen (secondary N) is 1. The van der Waals surface area contributed by atoms with E-state index >= 15 is 0 Å². The molecule has 2 saturated heterocycles. The molecule has 2 heterocycles. The Morgan fingerprint density at radius 2 is 1.96 bits per heavy atom. The van der Waals surface area contributed by atoms with E-state index in [1.54, 1.807) is 0 Å². The average molecular weight is 344 g/mol. The van der Waals surface area contributed by atoms with Crippen LogP contribution in [-0.2, 0) is 4.74 Å². The minimum atomic E-state index is 0.183. The Kier molecular flexibility index (Phi) is 6.74. The van der Waals surface area contributed by atoms with Gasteiger partial charge in [-0.3, -0.25) is 4.99 Å². The number of hydrogen-bond donors (Lipinski definition) is 1. The lowest BCUT2D eigenvalue weighted by Gasteiger charge is -2.34. The molecule has 0 bridgehead atoms. The quantitative estimate of drug-likeness (QED) is 0.666. The summed E-state index contributed by atoms with van der Waals surface area (Å²) in [5, 5.41) is 3.50. The van der Waals surface area contributed by atoms with Crippen molar-refractivity contribution in [3.05, 3.63) is 35.9 Å². The van der Waals surface area contributed by atoms with Crippen LogP contribution in [0.5, 0.6) is 0 Å². The summed E-state index contributed by atoms with van der Waals surface area (Å²) in [4.78, 5) is 7.45. The average Bonchev–Trinajstić information content (AvgIpc) is 2.67. The monoisotopic (exact) mass is 343 g/mol. The van der Waals surface area contributed by atoms with Gasteiger partial charge >= 0.3 is 0 Å². The molecule has 2 aliphatic heterocycles. The Hall–Kier alpha value is -1.55. The van der Waals surface area contributed by atoms with Gasteiger partial charge in [-0.25, -0.2) is 0 Å². The number of ether oxygens (including phenoxy) is 1. The minimum absolute atomic E-state index is 0.183. The molecule has 0 amide bonds. The maximum absolute atomic E-state index is 6.13. The number of aliphatic imine (C=N–C) groups is 1. The van der Waals surface area contributed by atoms with E-state index in [-0.39, 0.29) is 6.10 Å². The summed E-state index contributed by atoms with van der Waals surface area (Å²) >= 11 is 0. The molecule has 138 valence electrons. The van der Waals surface area contributed by atoms with Gasteiger partial charge in [-0.15, -0.1) is 0 Å². The number of benzene rings is 1. The molecule has 0 radical (unpaired) electrons. The normalized spacial score (nSPS) is 25.8. The minimum Gasteiger partial charge on any atom is -0.373 e. The molecule has 2 fully saturated rings. The molecule has 2 atom stereocenters. The third-order valence-electron chi connectivity index (χ3n) is 5.47. The molecular formula is C21H33N3O. The summed E-state index contributed by atoms with van der Waals surface area (Å²) in [5.74, 6) is 2.40. The summed E-state index contributed by atoms with van der Waals surface area (Å²) in [6, 6.07) is 10.6. The van der Waals surface area contributed by atoms with Gasteiger partial charge in [0.15, 0.2) is 5.96 Å². The maximum Gasteiger partial charge on any atom is 0.193 e. The topological polar surface area (TPSA) is 36.9 Å². The van der Waals surface area contributed by atoms with Gasteiger partial charge in [0, 0.05) is 38.7 Å². The van der Waals surface area contributed by atoms with E-state index in [2.05, 4.69) is 54.4 Å². The van der Waals surface area contributed by atoms with Crippen molar-refractivity contribution in [3.63, 3.8) is 0 Å². The first-order valence-corrected chi connectivity index (χ1v) is 9.97. The van der Waals surface area contributed by atoms with Crippen LogP contribution < -0.4 is 5.32 Å². The Balaban J connectivity index is 1.67. The molecule has 0 aliphatic carbocycles. The Morgan fingerprint density at radius 3 is 2.68 bits per heavy atom. The third-order valence-corrected chi connectivity index (χ3v) is 5.47. The lowest BCUT2D eigenvalue weighted by molar-refractivity contribution is -0.0250. The molecule has 25 heavy (non-hydrogen) atoms. The van der Waals surface area contributed by atoms with Gasteiger partial charge in [-0.2, -0.15) is 0 Å². The van der Waals surface area contributed by atoms with Crippen molar-refractivity contribution in [3.8, 4) is 0 Å². The third kappa shape index (κ3) is 4.97. The van der Waals surface area contributed by atoms with Gasteiger partial charge in [0.2, 0.25) is 0 Å². The SMILES string of the molecule is CCNC(=NCC1CCCOC1c1ccccc1)N1CCC(C)CC1. The van der Waals surface area contributed by atoms with Gasteiger partial charge in [-0.05, 0) is 44.1 Å². The van der Waals surface area contributed by atoms with Crippen LogP contribution in [0, 0.1) is 11.8 Å². The van der Waals surface area contributed by atoms with Crippen LogP contribution in [0.3, 0.4) is 0 Å². The van der Waals surface area contributed by atoms with Crippen LogP contribution >= 0.6 is 0 Å². The van der Waals surface area contributed by atoms with Crippen LogP contribution in [0.1, 0.15) is 51.2 Å². The van der Waals surface area contributed by atoms with E-state index in [4.69, 9.17) is 9.73 Å². The summed E-state index contributed by atoms with van der Waals surface area (Å²) in [6.07, 6.45) is 5.05. The molecule has 0 aromatic heterocycles. The number of likely N-dealkylation sites (tertiary alicyclic amines) is 1. The van der Waals surface area contributed by atoms with E-state index in [0.29, 0.717) is 5.92 Å². The maximum atomic E-state index is 6.13. The fourth-order valence-electron chi connectivity index (χ4n) is 3.89. The van der Waals surface area contributed by atoms with Gasteiger partial charge in [-0.1, -0.05) is 37.3 Å². The highest BCUT2D eigenvalue weighted by Gasteiger charge is 2.27. The van der Waals surface area contributed by atoms with Crippen molar-refractivity contribution in [1.29, 1.82) is 0 Å². The second-order valence-electron chi connectivity index (χ2n) is 7.47. The van der Waals surface area contributed by atoms with Crippen molar-refractivity contribution in [2.45, 2.75) is 45.6 Å². The van der Waals surface area contributed by atoms with E-state index in [0.717, 1.165) is 51.1 Å². The fraction of sp³-hybridized carbons (Fsp3) is 0.667. The molecule has 3 rings (SSSR count). The molecule has 4 nitrogen and oxygen atoms in total. The van der Waals surface area contributed by atoms with Crippen LogP contribution in [-0.4, -0.2) is 43.6 Å². The number of piperidine rings is 1. The molecule has 0 saturated carbocycles. The fourth-order valence-corrected chi connectivity index (χ4v) is 3.89. The van der Waals surface area contributed by atoms with E-state index < -0.39 is 0 Å². The summed E-state index contributed by atoms with van der Waals surface area (Å²) in [7, 11) is 0. The Bertz CT molecular complexity index is 537. The largest absolute Gasteiger partial charge is 0.373 e. The van der Waals surface area contributed by atoms with Crippen molar-refractivity contribution >= 4 is 5.96 Å². The Labute approximate surface area is 152 Å². The first-order valence-electron chi connectivity index (χ1n) is 9.97. The second kappa shape index (κ2) is 9.23. The molecular weight excluding hydrogens is 310 g/mol. The zero-order chi connectivity index (χ0) is 17.5. The molecule has 0 spiro atoms. The van der Waals surface area contributed by atoms with Crippen molar-refractivity contribution in [2.75, 3.05) is 32.8 Å². The van der Waals surface area contributed by atoms with Crippen molar-refractivity contribution < 1.29 is 4.74 Å². The van der Waals surface area contributed by atoms with Crippen LogP contribution in [0.4, 0.5) is 0 Å². The van der Waals surface area contributed by atoms with Crippen LogP contribution in [0.15, 0.2) is 35.3 Å². The second-order valence-corrected chi connectivity index (χ2v) is 7.47. The Morgan fingerprint density at radius 1 is 1.20 bits per heavy atom. The summed E-state index contributed by atoms with van der Waals surface area (Å²) < 4.78 is 6.13. The highest BCUT2D eigenvalue weighted by Crippen LogP contribution is 2.33. The first kappa shape index (κ1) is 18.2. The van der Waals surface area contributed by atoms with E-state index in [1.807, 2.05) is 0 Å². The van der Waals surface area contributed by atoms with E-state index in [1.165, 1.54) is 24.8 Å². The molecule has 1 N–H and O–H groups in total. The molecule has 1 aromatic rings. The number of rotatable bonds is 4. The number of guanidine groups is 1. The number of hydrogen-bond acceptors (Lipinski definition) is 2. The summed E-state index contributed by atoms with van der Waals surface area (Å²) in [5.41, 5.74) is 1.29. The molecule has 2 unspecified atom stereocenters. The van der Waals surface area contributed by atoms with Crippen molar-refractivity contribution in [2.24, 2.45) is 16.8 Å². The highest BCUT2D eigenvalue weighted by atomic mass is 16.5. The lowest BCUT2D eigenvalue weighted by Crippen LogP contribution is -2.45. The van der Waals surface area contributed by atoms with Crippen LogP contribution in [0.2, 0.25) is 0 Å². The smallest absolute Gasteiger partial charge is 0.193 e. The summed E-state index contributed by atoms with van der Waals surface area (Å²) in [6.45, 7) is 9.38. The van der Waals surface area contributed by atoms with E-state index in [9.17, 15) is 0 Å². The highest BCUT2D eigenvalue weighted by molar-refractivity contribution is 5.80. The molecule has 2 aliphatic rings. The van der Waals surface area contributed by atoms with Gasteiger partial charge in [0.1, 0.15) is 0 Å². The standard InChI is InChI=1S/C21H33N3O/c1-3-22-21(24-13-11-17(2)12-14-24)23-16-19-10-7-15-25-20(19)18-8-5-4-6-9-18/h4-6,8-9,17,19-20H,3,7,10-16H2,1-2H3,(H,22,23).